The lowest BCUT2D eigenvalue weighted by molar-refractivity contribution is 0.552. The van der Waals surface area contributed by atoms with Crippen molar-refractivity contribution in [2.75, 3.05) is 6.54 Å². The summed E-state index contributed by atoms with van der Waals surface area (Å²) in [6.07, 6.45) is 1.71. The van der Waals surface area contributed by atoms with Gasteiger partial charge in [0.05, 0.1) is 0 Å². The van der Waals surface area contributed by atoms with Crippen LogP contribution in [0.25, 0.3) is 0 Å². The summed E-state index contributed by atoms with van der Waals surface area (Å²) in [5.74, 6) is -0.329. The van der Waals surface area contributed by atoms with E-state index in [1.54, 1.807) is 0 Å². The molecule has 1 aromatic carbocycles. The highest BCUT2D eigenvalue weighted by atomic mass is 19.1. The van der Waals surface area contributed by atoms with Gasteiger partial charge in [0.25, 0.3) is 0 Å². The van der Waals surface area contributed by atoms with Crippen LogP contribution in [0.3, 0.4) is 0 Å². The van der Waals surface area contributed by atoms with Crippen LogP contribution in [0.5, 0.6) is 0 Å². The quantitative estimate of drug-likeness (QED) is 0.646. The van der Waals surface area contributed by atoms with Crippen LogP contribution < -0.4 is 10.6 Å². The summed E-state index contributed by atoms with van der Waals surface area (Å²) in [5, 5.41) is 6.56. The van der Waals surface area contributed by atoms with Gasteiger partial charge >= 0.3 is 0 Å². The third kappa shape index (κ3) is 3.93. The summed E-state index contributed by atoms with van der Waals surface area (Å²) in [4.78, 5) is 4.37. The average molecular weight is 295 g/mol. The molecule has 5 heteroatoms. The molecule has 0 radical (unpaired) electrons. The van der Waals surface area contributed by atoms with Crippen LogP contribution >= 0.6 is 0 Å². The zero-order valence-corrected chi connectivity index (χ0v) is 12.8. The van der Waals surface area contributed by atoms with Crippen LogP contribution in [0.2, 0.25) is 0 Å². The first kappa shape index (κ1) is 15.7. The van der Waals surface area contributed by atoms with Gasteiger partial charge in [0.2, 0.25) is 0 Å². The Hall–Kier alpha value is -1.65. The van der Waals surface area contributed by atoms with Crippen LogP contribution in [0.1, 0.15) is 45.1 Å². The first-order valence-electron chi connectivity index (χ1n) is 7.58. The largest absolute Gasteiger partial charge is 0.354 e. The van der Waals surface area contributed by atoms with Crippen LogP contribution in [-0.2, 0) is 0 Å². The molecule has 0 aliphatic heterocycles. The second-order valence-corrected chi connectivity index (χ2v) is 5.50. The van der Waals surface area contributed by atoms with Crippen molar-refractivity contribution in [3.63, 3.8) is 0 Å². The van der Waals surface area contributed by atoms with Crippen LogP contribution in [-0.4, -0.2) is 24.6 Å². The molecule has 3 unspecified atom stereocenters. The van der Waals surface area contributed by atoms with Gasteiger partial charge in [-0.1, -0.05) is 13.0 Å². The molecule has 0 aromatic heterocycles. The number of nitrogens with one attached hydrogen (secondary N) is 2. The van der Waals surface area contributed by atoms with E-state index < -0.39 is 11.6 Å². The lowest BCUT2D eigenvalue weighted by atomic mass is 10.1. The molecule has 0 bridgehead atoms. The minimum Gasteiger partial charge on any atom is -0.354 e. The summed E-state index contributed by atoms with van der Waals surface area (Å²) in [5.41, 5.74) is 0.189. The second kappa shape index (κ2) is 6.87. The van der Waals surface area contributed by atoms with Gasteiger partial charge in [-0.05, 0) is 38.8 Å². The Labute approximate surface area is 124 Å². The average Bonchev–Trinajstić information content (AvgIpc) is 3.17. The molecular weight excluding hydrogens is 272 g/mol. The molecule has 1 saturated carbocycles. The molecule has 2 rings (SSSR count). The number of nitrogens with zero attached hydrogens (tertiary/aromatic N) is 1. The molecule has 0 heterocycles. The normalized spacial score (nSPS) is 22.8. The molecule has 1 aliphatic rings. The Morgan fingerprint density at radius 1 is 1.33 bits per heavy atom. The summed E-state index contributed by atoms with van der Waals surface area (Å²) in [6, 6.07) is 4.37. The number of hydrogen-bond acceptors (Lipinski definition) is 1. The maximum absolute atomic E-state index is 13.8. The van der Waals surface area contributed by atoms with E-state index in [9.17, 15) is 8.78 Å². The summed E-state index contributed by atoms with van der Waals surface area (Å²) >= 11 is 0. The van der Waals surface area contributed by atoms with Crippen molar-refractivity contribution in [1.82, 2.24) is 10.6 Å². The van der Waals surface area contributed by atoms with E-state index in [0.29, 0.717) is 12.6 Å². The number of aliphatic imine (C=N–C) groups is 1. The highest BCUT2D eigenvalue weighted by Gasteiger charge is 2.42. The summed E-state index contributed by atoms with van der Waals surface area (Å²) < 4.78 is 27.5. The molecular formula is C16H23F2N3. The number of hydrogen-bond donors (Lipinski definition) is 2. The van der Waals surface area contributed by atoms with Gasteiger partial charge in [0, 0.05) is 30.1 Å². The molecule has 1 aromatic rings. The van der Waals surface area contributed by atoms with E-state index in [1.807, 2.05) is 6.92 Å². The Morgan fingerprint density at radius 2 is 2.00 bits per heavy atom. The Balaban J connectivity index is 2.01. The fourth-order valence-electron chi connectivity index (χ4n) is 2.34. The molecule has 2 N–H and O–H groups in total. The van der Waals surface area contributed by atoms with Crippen LogP contribution in [0, 0.1) is 11.6 Å². The van der Waals surface area contributed by atoms with Crippen molar-refractivity contribution in [3.8, 4) is 0 Å². The predicted molar refractivity (Wildman–Crippen MR) is 81.5 cm³/mol. The monoisotopic (exact) mass is 295 g/mol. The molecule has 3 atom stereocenters. The summed E-state index contributed by atoms with van der Waals surface area (Å²) in [7, 11) is 0. The Bertz CT molecular complexity index is 496. The van der Waals surface area contributed by atoms with Crippen molar-refractivity contribution in [1.29, 1.82) is 0 Å². The lowest BCUT2D eigenvalue weighted by Crippen LogP contribution is -2.43. The number of rotatable bonds is 5. The van der Waals surface area contributed by atoms with Gasteiger partial charge in [0.1, 0.15) is 11.6 Å². The van der Waals surface area contributed by atoms with Gasteiger partial charge in [0.15, 0.2) is 5.96 Å². The highest BCUT2D eigenvalue weighted by molar-refractivity contribution is 5.81. The van der Waals surface area contributed by atoms with Gasteiger partial charge < -0.3 is 10.6 Å². The van der Waals surface area contributed by atoms with Gasteiger partial charge in [-0.3, -0.25) is 4.99 Å². The van der Waals surface area contributed by atoms with Crippen LogP contribution in [0.4, 0.5) is 8.78 Å². The van der Waals surface area contributed by atoms with E-state index in [1.165, 1.54) is 18.2 Å². The smallest absolute Gasteiger partial charge is 0.191 e. The highest BCUT2D eigenvalue weighted by Crippen LogP contribution is 2.43. The van der Waals surface area contributed by atoms with Gasteiger partial charge in [-0.25, -0.2) is 8.78 Å². The molecule has 1 fully saturated rings. The third-order valence-corrected chi connectivity index (χ3v) is 3.79. The number of benzene rings is 1. The van der Waals surface area contributed by atoms with Crippen molar-refractivity contribution < 1.29 is 8.78 Å². The van der Waals surface area contributed by atoms with E-state index in [0.717, 1.165) is 18.8 Å². The van der Waals surface area contributed by atoms with E-state index in [2.05, 4.69) is 29.5 Å². The standard InChI is InChI=1S/C16H23F2N3/c1-4-10(3)20-16(19-5-2)21-14-9-11(14)15-12(17)7-6-8-13(15)18/h6-8,10-11,14H,4-5,9H2,1-3H3,(H2,19,20,21). The van der Waals surface area contributed by atoms with Gasteiger partial charge in [-0.15, -0.1) is 0 Å². The van der Waals surface area contributed by atoms with E-state index >= 15 is 0 Å². The van der Waals surface area contributed by atoms with Gasteiger partial charge in [-0.2, -0.15) is 0 Å². The van der Waals surface area contributed by atoms with Crippen molar-refractivity contribution in [2.24, 2.45) is 4.99 Å². The maximum atomic E-state index is 13.8. The molecule has 3 nitrogen and oxygen atoms in total. The molecule has 0 spiro atoms. The molecule has 21 heavy (non-hydrogen) atoms. The minimum atomic E-state index is -0.465. The van der Waals surface area contributed by atoms with Crippen LogP contribution in [0.15, 0.2) is 23.2 Å². The van der Waals surface area contributed by atoms with E-state index in [-0.39, 0.29) is 17.5 Å². The SMILES string of the molecule is CCN=C(NC(C)CC)NC1CC1c1c(F)cccc1F. The fourth-order valence-corrected chi connectivity index (χ4v) is 2.34. The zero-order chi connectivity index (χ0) is 15.4. The first-order chi connectivity index (χ1) is 10.1. The Kier molecular flexibility index (Phi) is 5.15. The molecule has 1 aliphatic carbocycles. The van der Waals surface area contributed by atoms with Crippen molar-refractivity contribution in [3.05, 3.63) is 35.4 Å². The molecule has 116 valence electrons. The molecule has 0 amide bonds. The zero-order valence-electron chi connectivity index (χ0n) is 12.8. The van der Waals surface area contributed by atoms with Crippen molar-refractivity contribution in [2.45, 2.75) is 51.6 Å². The number of guanidine groups is 1. The maximum Gasteiger partial charge on any atom is 0.191 e. The third-order valence-electron chi connectivity index (χ3n) is 3.79. The van der Waals surface area contributed by atoms with E-state index in [4.69, 9.17) is 0 Å². The lowest BCUT2D eigenvalue weighted by Gasteiger charge is -2.17. The van der Waals surface area contributed by atoms with Crippen molar-refractivity contribution >= 4 is 5.96 Å². The Morgan fingerprint density at radius 3 is 2.57 bits per heavy atom. The predicted octanol–water partition coefficient (Wildman–Crippen LogP) is 3.17. The first-order valence-corrected chi connectivity index (χ1v) is 7.58. The fraction of sp³-hybridized carbons (Fsp3) is 0.562. The summed E-state index contributed by atoms with van der Waals surface area (Å²) in [6.45, 7) is 6.79. The molecule has 0 saturated heterocycles. The number of halogens is 2. The minimum absolute atomic E-state index is 0.0401. The second-order valence-electron chi connectivity index (χ2n) is 5.50. The topological polar surface area (TPSA) is 36.4 Å².